The quantitative estimate of drug-likeness (QED) is 0.535. The summed E-state index contributed by atoms with van der Waals surface area (Å²) in [5, 5.41) is 11.1. The molecule has 0 fully saturated rings. The van der Waals surface area contributed by atoms with E-state index in [1.165, 1.54) is 6.92 Å². The van der Waals surface area contributed by atoms with Crippen molar-refractivity contribution in [3.63, 3.8) is 0 Å². The van der Waals surface area contributed by atoms with Gasteiger partial charge >= 0.3 is 6.18 Å². The number of carbonyl (C=O) groups excluding carboxylic acids is 1. The van der Waals surface area contributed by atoms with Gasteiger partial charge < -0.3 is 5.32 Å². The molecule has 0 aliphatic rings. The number of anilines is 1. The number of rotatable bonds is 6. The largest absolute Gasteiger partial charge is 0.436 e. The van der Waals surface area contributed by atoms with Crippen molar-refractivity contribution >= 4 is 39.3 Å². The molecule has 154 valence electrons. The number of halogens is 5. The van der Waals surface area contributed by atoms with Gasteiger partial charge in [-0.05, 0) is 34.5 Å². The lowest BCUT2D eigenvalue weighted by Crippen LogP contribution is -2.16. The number of nitrogens with zero attached hydrogens (tertiary/aromatic N) is 4. The molecular formula is C18H16BrClF3N5O. The van der Waals surface area contributed by atoms with Crippen LogP contribution in [0.2, 0.25) is 5.02 Å². The number of aryl methyl sites for hydroxylation is 1. The first-order valence-corrected chi connectivity index (χ1v) is 9.69. The van der Waals surface area contributed by atoms with E-state index >= 15 is 0 Å². The second-order valence-electron chi connectivity index (χ2n) is 6.26. The summed E-state index contributed by atoms with van der Waals surface area (Å²) in [6.45, 7) is 1.95. The molecule has 0 aliphatic heterocycles. The van der Waals surface area contributed by atoms with Crippen molar-refractivity contribution in [2.24, 2.45) is 0 Å². The van der Waals surface area contributed by atoms with E-state index in [0.29, 0.717) is 23.1 Å². The highest BCUT2D eigenvalue weighted by Gasteiger charge is 2.37. The number of benzene rings is 1. The van der Waals surface area contributed by atoms with Crippen molar-refractivity contribution in [2.75, 3.05) is 5.32 Å². The Morgan fingerprint density at radius 1 is 1.24 bits per heavy atom. The van der Waals surface area contributed by atoms with Crippen LogP contribution in [-0.4, -0.2) is 25.5 Å². The van der Waals surface area contributed by atoms with E-state index in [9.17, 15) is 18.0 Å². The van der Waals surface area contributed by atoms with E-state index in [1.54, 1.807) is 23.0 Å². The maximum Gasteiger partial charge on any atom is 0.436 e. The van der Waals surface area contributed by atoms with Crippen molar-refractivity contribution < 1.29 is 18.0 Å². The lowest BCUT2D eigenvalue weighted by molar-refractivity contribution is -0.142. The first-order valence-electron chi connectivity index (χ1n) is 8.52. The maximum atomic E-state index is 12.9. The van der Waals surface area contributed by atoms with E-state index < -0.39 is 11.9 Å². The van der Waals surface area contributed by atoms with Crippen molar-refractivity contribution in [1.82, 2.24) is 19.6 Å². The highest BCUT2D eigenvalue weighted by atomic mass is 79.9. The molecule has 2 aromatic heterocycles. The Kier molecular flexibility index (Phi) is 6.33. The van der Waals surface area contributed by atoms with Gasteiger partial charge in [0.2, 0.25) is 5.91 Å². The number of aromatic nitrogens is 4. The standard InChI is InChI=1S/C18H16BrClF3N5O/c1-11-16(19)17(18(21,22)23)26-28(11)9-7-15(29)24-14-6-8-27(25-14)10-12-4-2-3-5-13(12)20/h2-6,8H,7,9-10H2,1H3,(H,24,25,29). The van der Waals surface area contributed by atoms with Gasteiger partial charge in [-0.3, -0.25) is 14.2 Å². The zero-order chi connectivity index (χ0) is 21.2. The van der Waals surface area contributed by atoms with Gasteiger partial charge in [0.1, 0.15) is 0 Å². The molecule has 3 aromatic rings. The second-order valence-corrected chi connectivity index (χ2v) is 7.46. The Morgan fingerprint density at radius 2 is 1.97 bits per heavy atom. The topological polar surface area (TPSA) is 64.7 Å². The van der Waals surface area contributed by atoms with Crippen LogP contribution in [0, 0.1) is 6.92 Å². The van der Waals surface area contributed by atoms with Gasteiger partial charge in [0.25, 0.3) is 0 Å². The molecule has 1 N–H and O–H groups in total. The number of carbonyl (C=O) groups is 1. The summed E-state index contributed by atoms with van der Waals surface area (Å²) in [5.41, 5.74) is 0.179. The van der Waals surface area contributed by atoms with Crippen LogP contribution >= 0.6 is 27.5 Å². The Morgan fingerprint density at radius 3 is 2.62 bits per heavy atom. The predicted octanol–water partition coefficient (Wildman–Crippen LogP) is 4.90. The Hall–Kier alpha value is -2.33. The fraction of sp³-hybridized carbons (Fsp3) is 0.278. The highest BCUT2D eigenvalue weighted by Crippen LogP contribution is 2.35. The summed E-state index contributed by atoms with van der Waals surface area (Å²) < 4.78 is 41.4. The summed E-state index contributed by atoms with van der Waals surface area (Å²) in [7, 11) is 0. The molecule has 3 rings (SSSR count). The smallest absolute Gasteiger partial charge is 0.309 e. The lowest BCUT2D eigenvalue weighted by atomic mass is 10.2. The summed E-state index contributed by atoms with van der Waals surface area (Å²) >= 11 is 9.03. The maximum absolute atomic E-state index is 12.9. The molecule has 0 unspecified atom stereocenters. The minimum atomic E-state index is -4.56. The SMILES string of the molecule is Cc1c(Br)c(C(F)(F)F)nn1CCC(=O)Nc1ccn(Cc2ccccc2Cl)n1. The van der Waals surface area contributed by atoms with Gasteiger partial charge in [-0.2, -0.15) is 23.4 Å². The van der Waals surface area contributed by atoms with Crippen molar-refractivity contribution in [2.45, 2.75) is 32.6 Å². The third kappa shape index (κ3) is 5.18. The molecule has 0 radical (unpaired) electrons. The number of hydrogen-bond donors (Lipinski definition) is 1. The van der Waals surface area contributed by atoms with Crippen molar-refractivity contribution in [3.8, 4) is 0 Å². The Balaban J connectivity index is 1.58. The summed E-state index contributed by atoms with van der Waals surface area (Å²) in [6, 6.07) is 8.99. The number of nitrogens with one attached hydrogen (secondary N) is 1. The molecule has 11 heteroatoms. The fourth-order valence-corrected chi connectivity index (χ4v) is 3.36. The third-order valence-corrected chi connectivity index (χ3v) is 5.47. The number of amides is 1. The second kappa shape index (κ2) is 8.58. The molecule has 1 amide bonds. The zero-order valence-corrected chi connectivity index (χ0v) is 17.5. The van der Waals surface area contributed by atoms with Gasteiger partial charge in [0.05, 0.1) is 23.3 Å². The molecule has 0 aliphatic carbocycles. The molecular weight excluding hydrogens is 475 g/mol. The lowest BCUT2D eigenvalue weighted by Gasteiger charge is -2.06. The molecule has 0 bridgehead atoms. The van der Waals surface area contributed by atoms with E-state index in [1.807, 2.05) is 18.2 Å². The molecule has 0 saturated carbocycles. The van der Waals surface area contributed by atoms with Crippen LogP contribution in [0.15, 0.2) is 41.0 Å². The Labute approximate surface area is 177 Å². The molecule has 0 spiro atoms. The summed E-state index contributed by atoms with van der Waals surface area (Å²) in [6.07, 6.45) is -2.92. The number of alkyl halides is 3. The predicted molar refractivity (Wildman–Crippen MR) is 106 cm³/mol. The first-order chi connectivity index (χ1) is 13.6. The van der Waals surface area contributed by atoms with Crippen molar-refractivity contribution in [1.29, 1.82) is 0 Å². The van der Waals surface area contributed by atoms with Crippen LogP contribution in [0.5, 0.6) is 0 Å². The molecule has 6 nitrogen and oxygen atoms in total. The number of hydrogen-bond acceptors (Lipinski definition) is 3. The summed E-state index contributed by atoms with van der Waals surface area (Å²) in [4.78, 5) is 12.2. The average molecular weight is 491 g/mol. The molecule has 0 atom stereocenters. The zero-order valence-electron chi connectivity index (χ0n) is 15.2. The highest BCUT2D eigenvalue weighted by molar-refractivity contribution is 9.10. The van der Waals surface area contributed by atoms with Gasteiger partial charge in [0, 0.05) is 23.7 Å². The van der Waals surface area contributed by atoms with Gasteiger partial charge in [0.15, 0.2) is 11.5 Å². The van der Waals surface area contributed by atoms with Crippen molar-refractivity contribution in [3.05, 3.63) is 63.0 Å². The van der Waals surface area contributed by atoms with Crippen LogP contribution in [0.25, 0.3) is 0 Å². The minimum absolute atomic E-state index is 0.00663. The van der Waals surface area contributed by atoms with E-state index in [2.05, 4.69) is 31.4 Å². The van der Waals surface area contributed by atoms with Crippen LogP contribution in [0.4, 0.5) is 19.0 Å². The van der Waals surface area contributed by atoms with E-state index in [0.717, 1.165) is 10.2 Å². The third-order valence-electron chi connectivity index (χ3n) is 4.15. The van der Waals surface area contributed by atoms with Gasteiger partial charge in [-0.15, -0.1) is 0 Å². The van der Waals surface area contributed by atoms with Crippen LogP contribution in [-0.2, 0) is 24.1 Å². The van der Waals surface area contributed by atoms with Gasteiger partial charge in [-0.25, -0.2) is 0 Å². The van der Waals surface area contributed by atoms with E-state index in [-0.39, 0.29) is 23.3 Å². The average Bonchev–Trinajstić information content (AvgIpc) is 3.20. The van der Waals surface area contributed by atoms with Crippen LogP contribution in [0.3, 0.4) is 0 Å². The Bertz CT molecular complexity index is 1030. The fourth-order valence-electron chi connectivity index (χ4n) is 2.65. The van der Waals surface area contributed by atoms with Crippen LogP contribution in [0.1, 0.15) is 23.4 Å². The molecule has 0 saturated heterocycles. The van der Waals surface area contributed by atoms with Crippen LogP contribution < -0.4 is 5.32 Å². The first kappa shape index (κ1) is 21.4. The van der Waals surface area contributed by atoms with E-state index in [4.69, 9.17) is 11.6 Å². The normalized spacial score (nSPS) is 11.7. The monoisotopic (exact) mass is 489 g/mol. The minimum Gasteiger partial charge on any atom is -0.309 e. The summed E-state index contributed by atoms with van der Waals surface area (Å²) in [5.74, 6) is -0.0380. The molecule has 2 heterocycles. The van der Waals surface area contributed by atoms with Gasteiger partial charge in [-0.1, -0.05) is 29.8 Å². The molecule has 1 aromatic carbocycles. The molecule has 29 heavy (non-hydrogen) atoms.